The van der Waals surface area contributed by atoms with E-state index < -0.39 is 0 Å². The van der Waals surface area contributed by atoms with Crippen molar-refractivity contribution >= 4 is 18.5 Å². The minimum Gasteiger partial charge on any atom is -0.354 e. The number of hydrogen-bond acceptors (Lipinski definition) is 3. The lowest BCUT2D eigenvalue weighted by atomic mass is 10.2. The maximum Gasteiger partial charge on any atom is 0.237 e. The summed E-state index contributed by atoms with van der Waals surface area (Å²) in [7, 11) is 0. The summed E-state index contributed by atoms with van der Waals surface area (Å²) in [5.74, 6) is 0.829. The molecule has 1 saturated heterocycles. The number of carbonyl (C=O) groups excluding carboxylic acids is 1. The zero-order chi connectivity index (χ0) is 8.10. The summed E-state index contributed by atoms with van der Waals surface area (Å²) in [5, 5.41) is 5.92. The van der Waals surface area contributed by atoms with E-state index in [4.69, 9.17) is 0 Å². The molecule has 0 bridgehead atoms. The summed E-state index contributed by atoms with van der Waals surface area (Å²) in [6.07, 6.45) is 2.08. The van der Waals surface area contributed by atoms with Crippen LogP contribution in [0.15, 0.2) is 0 Å². The quantitative estimate of drug-likeness (QED) is 0.518. The molecular formula is C7H14N2OS. The molecule has 0 aromatic rings. The second-order valence-corrected chi connectivity index (χ2v) is 3.11. The van der Waals surface area contributed by atoms with Crippen LogP contribution in [-0.2, 0) is 4.79 Å². The monoisotopic (exact) mass is 174 g/mol. The highest BCUT2D eigenvalue weighted by atomic mass is 32.1. The zero-order valence-electron chi connectivity index (χ0n) is 6.47. The minimum absolute atomic E-state index is 0.0508. The fraction of sp³-hybridized carbons (Fsp3) is 0.857. The first kappa shape index (κ1) is 8.87. The Morgan fingerprint density at radius 3 is 3.09 bits per heavy atom. The average Bonchev–Trinajstić information content (AvgIpc) is 2.52. The third-order valence-corrected chi connectivity index (χ3v) is 2.01. The summed E-state index contributed by atoms with van der Waals surface area (Å²) in [4.78, 5) is 11.2. The topological polar surface area (TPSA) is 41.1 Å². The first-order chi connectivity index (χ1) is 5.34. The van der Waals surface area contributed by atoms with E-state index in [1.165, 1.54) is 0 Å². The number of hydrogen-bond donors (Lipinski definition) is 3. The van der Waals surface area contributed by atoms with Crippen LogP contribution in [-0.4, -0.2) is 30.8 Å². The van der Waals surface area contributed by atoms with Crippen LogP contribution in [0.5, 0.6) is 0 Å². The van der Waals surface area contributed by atoms with Gasteiger partial charge in [0.1, 0.15) is 0 Å². The Hall–Kier alpha value is -0.220. The maximum absolute atomic E-state index is 11.2. The van der Waals surface area contributed by atoms with Crippen molar-refractivity contribution in [2.75, 3.05) is 18.8 Å². The fourth-order valence-corrected chi connectivity index (χ4v) is 1.32. The van der Waals surface area contributed by atoms with Crippen LogP contribution in [0.25, 0.3) is 0 Å². The van der Waals surface area contributed by atoms with Crippen molar-refractivity contribution in [1.29, 1.82) is 0 Å². The fourth-order valence-electron chi connectivity index (χ4n) is 1.21. The molecule has 1 aliphatic rings. The second-order valence-electron chi connectivity index (χ2n) is 2.66. The Bertz CT molecular complexity index is 134. The largest absolute Gasteiger partial charge is 0.354 e. The highest BCUT2D eigenvalue weighted by molar-refractivity contribution is 7.80. The van der Waals surface area contributed by atoms with E-state index in [1.807, 2.05) is 0 Å². The predicted octanol–water partition coefficient (Wildman–Crippen LogP) is -0.216. The van der Waals surface area contributed by atoms with Gasteiger partial charge in [0.15, 0.2) is 0 Å². The van der Waals surface area contributed by atoms with Gasteiger partial charge in [-0.25, -0.2) is 0 Å². The minimum atomic E-state index is 0.0508. The predicted molar refractivity (Wildman–Crippen MR) is 47.9 cm³/mol. The van der Waals surface area contributed by atoms with Crippen molar-refractivity contribution in [1.82, 2.24) is 10.6 Å². The van der Waals surface area contributed by atoms with Crippen LogP contribution in [0.2, 0.25) is 0 Å². The van der Waals surface area contributed by atoms with Gasteiger partial charge in [0.2, 0.25) is 5.91 Å². The highest BCUT2D eigenvalue weighted by Crippen LogP contribution is 2.03. The van der Waals surface area contributed by atoms with Crippen LogP contribution in [0, 0.1) is 0 Å². The molecule has 4 heteroatoms. The summed E-state index contributed by atoms with van der Waals surface area (Å²) in [6, 6.07) is 0.0508. The van der Waals surface area contributed by atoms with Gasteiger partial charge in [0.05, 0.1) is 6.04 Å². The Morgan fingerprint density at radius 2 is 2.55 bits per heavy atom. The molecule has 64 valence electrons. The highest BCUT2D eigenvalue weighted by Gasteiger charge is 2.20. The van der Waals surface area contributed by atoms with E-state index >= 15 is 0 Å². The zero-order valence-corrected chi connectivity index (χ0v) is 7.36. The molecule has 1 amide bonds. The van der Waals surface area contributed by atoms with Crippen LogP contribution < -0.4 is 10.6 Å². The van der Waals surface area contributed by atoms with Crippen LogP contribution >= 0.6 is 12.6 Å². The van der Waals surface area contributed by atoms with E-state index in [9.17, 15) is 4.79 Å². The Kier molecular flexibility index (Phi) is 3.72. The molecule has 0 spiro atoms. The summed E-state index contributed by atoms with van der Waals surface area (Å²) in [6.45, 7) is 1.64. The molecule has 0 aliphatic carbocycles. The van der Waals surface area contributed by atoms with E-state index in [0.29, 0.717) is 12.3 Å². The van der Waals surface area contributed by atoms with Crippen molar-refractivity contribution in [2.24, 2.45) is 0 Å². The Labute approximate surface area is 72.3 Å². The first-order valence-corrected chi connectivity index (χ1v) is 4.60. The average molecular weight is 174 g/mol. The second kappa shape index (κ2) is 4.62. The lowest BCUT2D eigenvalue weighted by Crippen LogP contribution is -2.41. The van der Waals surface area contributed by atoms with Crippen molar-refractivity contribution in [3.05, 3.63) is 0 Å². The molecule has 0 radical (unpaired) electrons. The molecule has 1 fully saturated rings. The van der Waals surface area contributed by atoms with E-state index in [-0.39, 0.29) is 11.9 Å². The van der Waals surface area contributed by atoms with Gasteiger partial charge in [-0.15, -0.1) is 0 Å². The van der Waals surface area contributed by atoms with Crippen molar-refractivity contribution < 1.29 is 4.79 Å². The Balaban J connectivity index is 2.17. The third kappa shape index (κ3) is 2.71. The van der Waals surface area contributed by atoms with Gasteiger partial charge in [-0.3, -0.25) is 4.79 Å². The molecule has 1 rings (SSSR count). The van der Waals surface area contributed by atoms with Gasteiger partial charge in [0.25, 0.3) is 0 Å². The van der Waals surface area contributed by atoms with Gasteiger partial charge >= 0.3 is 0 Å². The summed E-state index contributed by atoms with van der Waals surface area (Å²) < 4.78 is 0. The smallest absolute Gasteiger partial charge is 0.237 e. The standard InChI is InChI=1S/C7H14N2OS/c10-7(9-4-5-11)6-2-1-3-8-6/h6,8,11H,1-5H2,(H,9,10)/t6-/m1/s1. The molecule has 3 nitrogen and oxygen atoms in total. The third-order valence-electron chi connectivity index (χ3n) is 1.79. The lowest BCUT2D eigenvalue weighted by molar-refractivity contribution is -0.122. The van der Waals surface area contributed by atoms with Gasteiger partial charge in [-0.1, -0.05) is 0 Å². The molecule has 0 unspecified atom stereocenters. The van der Waals surface area contributed by atoms with E-state index in [1.54, 1.807) is 0 Å². The molecule has 0 aromatic carbocycles. The van der Waals surface area contributed by atoms with Gasteiger partial charge in [0, 0.05) is 12.3 Å². The SMILES string of the molecule is O=C(NCCS)[C@H]1CCCN1. The Morgan fingerprint density at radius 1 is 1.73 bits per heavy atom. The molecule has 1 heterocycles. The van der Waals surface area contributed by atoms with E-state index in [2.05, 4.69) is 23.3 Å². The normalized spacial score (nSPS) is 23.5. The van der Waals surface area contributed by atoms with Crippen LogP contribution in [0.1, 0.15) is 12.8 Å². The number of rotatable bonds is 3. The first-order valence-electron chi connectivity index (χ1n) is 3.96. The van der Waals surface area contributed by atoms with Gasteiger partial charge < -0.3 is 10.6 Å². The number of nitrogens with one attached hydrogen (secondary N) is 2. The molecular weight excluding hydrogens is 160 g/mol. The number of amides is 1. The number of thiol groups is 1. The van der Waals surface area contributed by atoms with Gasteiger partial charge in [-0.2, -0.15) is 12.6 Å². The molecule has 2 N–H and O–H groups in total. The molecule has 1 atom stereocenters. The summed E-state index contributed by atoms with van der Waals surface area (Å²) >= 11 is 4.00. The molecule has 11 heavy (non-hydrogen) atoms. The summed E-state index contributed by atoms with van der Waals surface area (Å²) in [5.41, 5.74) is 0. The van der Waals surface area contributed by atoms with Crippen LogP contribution in [0.4, 0.5) is 0 Å². The maximum atomic E-state index is 11.2. The van der Waals surface area contributed by atoms with Crippen molar-refractivity contribution in [3.63, 3.8) is 0 Å². The van der Waals surface area contributed by atoms with E-state index in [0.717, 1.165) is 19.4 Å². The number of carbonyl (C=O) groups is 1. The van der Waals surface area contributed by atoms with Gasteiger partial charge in [-0.05, 0) is 19.4 Å². The van der Waals surface area contributed by atoms with Crippen molar-refractivity contribution in [2.45, 2.75) is 18.9 Å². The van der Waals surface area contributed by atoms with Crippen LogP contribution in [0.3, 0.4) is 0 Å². The molecule has 1 aliphatic heterocycles. The van der Waals surface area contributed by atoms with Crippen molar-refractivity contribution in [3.8, 4) is 0 Å². The lowest BCUT2D eigenvalue weighted by Gasteiger charge is -2.09. The molecule has 0 saturated carbocycles. The molecule has 0 aromatic heterocycles.